The molecule has 0 bridgehead atoms. The van der Waals surface area contributed by atoms with E-state index >= 15 is 0 Å². The Kier molecular flexibility index (Phi) is 5.24. The van der Waals surface area contributed by atoms with Crippen molar-refractivity contribution in [2.45, 2.75) is 26.8 Å². The van der Waals surface area contributed by atoms with Crippen molar-refractivity contribution in [1.29, 1.82) is 0 Å². The van der Waals surface area contributed by atoms with Crippen LogP contribution in [-0.2, 0) is 11.3 Å². The van der Waals surface area contributed by atoms with E-state index < -0.39 is 0 Å². The van der Waals surface area contributed by atoms with Crippen molar-refractivity contribution >= 4 is 0 Å². The average molecular weight is 319 g/mol. The lowest BCUT2D eigenvalue weighted by molar-refractivity contribution is -0.0561. The minimum Gasteiger partial charge on any atom is -0.493 e. The van der Waals surface area contributed by atoms with Crippen molar-refractivity contribution in [1.82, 2.24) is 4.90 Å². The molecule has 0 radical (unpaired) electrons. The molecular formula is C19H29NO3. The van der Waals surface area contributed by atoms with Gasteiger partial charge in [-0.05, 0) is 36.0 Å². The van der Waals surface area contributed by atoms with Crippen LogP contribution in [0.1, 0.15) is 25.8 Å². The largest absolute Gasteiger partial charge is 0.493 e. The molecule has 0 spiro atoms. The summed E-state index contributed by atoms with van der Waals surface area (Å²) in [6.07, 6.45) is 1.06. The van der Waals surface area contributed by atoms with Crippen molar-refractivity contribution in [3.05, 3.63) is 29.8 Å². The highest BCUT2D eigenvalue weighted by molar-refractivity contribution is 5.28. The second-order valence-corrected chi connectivity index (χ2v) is 7.58. The van der Waals surface area contributed by atoms with Gasteiger partial charge in [-0.2, -0.15) is 0 Å². The summed E-state index contributed by atoms with van der Waals surface area (Å²) in [6, 6.07) is 8.40. The fourth-order valence-electron chi connectivity index (χ4n) is 3.81. The molecule has 23 heavy (non-hydrogen) atoms. The quantitative estimate of drug-likeness (QED) is 0.875. The molecule has 4 nitrogen and oxygen atoms in total. The summed E-state index contributed by atoms with van der Waals surface area (Å²) in [4.78, 5) is 2.46. The van der Waals surface area contributed by atoms with Gasteiger partial charge in [0.25, 0.3) is 0 Å². The van der Waals surface area contributed by atoms with E-state index in [0.29, 0.717) is 18.4 Å². The number of nitrogens with zero attached hydrogens (tertiary/aromatic N) is 1. The van der Waals surface area contributed by atoms with Gasteiger partial charge in [-0.3, -0.25) is 4.90 Å². The molecule has 1 aromatic rings. The van der Waals surface area contributed by atoms with Crippen LogP contribution < -0.4 is 4.74 Å². The molecule has 3 rings (SSSR count). The zero-order valence-electron chi connectivity index (χ0n) is 14.3. The summed E-state index contributed by atoms with van der Waals surface area (Å²) >= 11 is 0. The fourth-order valence-corrected chi connectivity index (χ4v) is 3.81. The van der Waals surface area contributed by atoms with Gasteiger partial charge in [0, 0.05) is 31.7 Å². The Labute approximate surface area is 139 Å². The van der Waals surface area contributed by atoms with Crippen molar-refractivity contribution < 1.29 is 14.6 Å². The molecule has 2 saturated heterocycles. The van der Waals surface area contributed by atoms with Crippen LogP contribution >= 0.6 is 0 Å². The number of fused-ring (bicyclic) bond motifs is 1. The summed E-state index contributed by atoms with van der Waals surface area (Å²) in [5.74, 6) is 2.04. The average Bonchev–Trinajstić information content (AvgIpc) is 2.91. The maximum Gasteiger partial charge on any atom is 0.119 e. The monoisotopic (exact) mass is 319 g/mol. The Morgan fingerprint density at radius 3 is 3.04 bits per heavy atom. The third kappa shape index (κ3) is 3.87. The van der Waals surface area contributed by atoms with Crippen molar-refractivity contribution in [2.75, 3.05) is 39.5 Å². The minimum absolute atomic E-state index is 0.0516. The first kappa shape index (κ1) is 16.7. The van der Waals surface area contributed by atoms with Gasteiger partial charge in [0.2, 0.25) is 0 Å². The Morgan fingerprint density at radius 1 is 1.43 bits per heavy atom. The van der Waals surface area contributed by atoms with E-state index in [1.54, 1.807) is 0 Å². The third-order valence-corrected chi connectivity index (χ3v) is 5.09. The molecule has 2 heterocycles. The number of rotatable bonds is 6. The molecule has 0 aliphatic carbocycles. The first-order valence-electron chi connectivity index (χ1n) is 8.74. The van der Waals surface area contributed by atoms with Gasteiger partial charge in [-0.25, -0.2) is 0 Å². The van der Waals surface area contributed by atoms with Crippen LogP contribution in [-0.4, -0.2) is 49.5 Å². The number of aliphatic hydroxyl groups is 1. The molecule has 1 aromatic carbocycles. The molecule has 128 valence electrons. The van der Waals surface area contributed by atoms with Crippen molar-refractivity contribution in [2.24, 2.45) is 17.3 Å². The zero-order valence-corrected chi connectivity index (χ0v) is 14.3. The van der Waals surface area contributed by atoms with Crippen LogP contribution in [0.25, 0.3) is 0 Å². The number of ether oxygens (including phenoxy) is 2. The molecule has 2 aliphatic rings. The van der Waals surface area contributed by atoms with E-state index in [1.807, 2.05) is 6.07 Å². The van der Waals surface area contributed by atoms with Crippen LogP contribution in [0.3, 0.4) is 0 Å². The van der Waals surface area contributed by atoms with E-state index in [0.717, 1.165) is 45.0 Å². The normalized spacial score (nSPS) is 28.1. The molecule has 2 fully saturated rings. The predicted octanol–water partition coefficient (Wildman–Crippen LogP) is 2.55. The Hall–Kier alpha value is -1.10. The molecule has 0 aromatic heterocycles. The Balaban J connectivity index is 1.62. The molecule has 0 unspecified atom stereocenters. The molecular weight excluding hydrogens is 290 g/mol. The van der Waals surface area contributed by atoms with E-state index in [4.69, 9.17) is 9.47 Å². The molecule has 0 saturated carbocycles. The van der Waals surface area contributed by atoms with Gasteiger partial charge in [-0.15, -0.1) is 0 Å². The standard InChI is InChI=1S/C19H29NO3/c1-15(2)11-23-18-5-3-4-16(8-18)9-20-10-17-6-7-22-14-19(17,12-20)13-21/h3-5,8,15,17,21H,6-7,9-14H2,1-2H3/t17-,19+/m0/s1. The zero-order chi connectivity index (χ0) is 16.3. The van der Waals surface area contributed by atoms with Crippen molar-refractivity contribution in [3.63, 3.8) is 0 Å². The maximum atomic E-state index is 9.88. The fraction of sp³-hybridized carbons (Fsp3) is 0.684. The second-order valence-electron chi connectivity index (χ2n) is 7.58. The predicted molar refractivity (Wildman–Crippen MR) is 90.5 cm³/mol. The molecule has 4 heteroatoms. The molecule has 1 N–H and O–H groups in total. The minimum atomic E-state index is -0.0516. The van der Waals surface area contributed by atoms with Gasteiger partial charge < -0.3 is 14.6 Å². The van der Waals surface area contributed by atoms with E-state index in [2.05, 4.69) is 36.9 Å². The van der Waals surface area contributed by atoms with Gasteiger partial charge in [-0.1, -0.05) is 26.0 Å². The Morgan fingerprint density at radius 2 is 2.30 bits per heavy atom. The van der Waals surface area contributed by atoms with Crippen LogP contribution in [0.2, 0.25) is 0 Å². The van der Waals surface area contributed by atoms with Crippen LogP contribution in [0, 0.1) is 17.3 Å². The van der Waals surface area contributed by atoms with Gasteiger partial charge in [0.15, 0.2) is 0 Å². The summed E-state index contributed by atoms with van der Waals surface area (Å²) in [6.45, 7) is 9.72. The highest BCUT2D eigenvalue weighted by Gasteiger charge is 2.47. The van der Waals surface area contributed by atoms with Crippen LogP contribution in [0.4, 0.5) is 0 Å². The number of hydrogen-bond acceptors (Lipinski definition) is 4. The summed E-state index contributed by atoms with van der Waals surface area (Å²) < 4.78 is 11.5. The van der Waals surface area contributed by atoms with Crippen molar-refractivity contribution in [3.8, 4) is 5.75 Å². The van der Waals surface area contributed by atoms with E-state index in [-0.39, 0.29) is 12.0 Å². The molecule has 0 amide bonds. The number of aliphatic hydroxyl groups excluding tert-OH is 1. The topological polar surface area (TPSA) is 41.9 Å². The highest BCUT2D eigenvalue weighted by Crippen LogP contribution is 2.41. The van der Waals surface area contributed by atoms with Gasteiger partial charge in [0.05, 0.1) is 19.8 Å². The number of hydrogen-bond donors (Lipinski definition) is 1. The smallest absolute Gasteiger partial charge is 0.119 e. The Bertz CT molecular complexity index is 519. The maximum absolute atomic E-state index is 9.88. The third-order valence-electron chi connectivity index (χ3n) is 5.09. The SMILES string of the molecule is CC(C)COc1cccc(CN2C[C@@H]3CCOC[C@]3(CO)C2)c1. The lowest BCUT2D eigenvalue weighted by Gasteiger charge is -2.36. The van der Waals surface area contributed by atoms with E-state index in [1.165, 1.54) is 5.56 Å². The summed E-state index contributed by atoms with van der Waals surface area (Å²) in [5.41, 5.74) is 1.23. The lowest BCUT2D eigenvalue weighted by Crippen LogP contribution is -2.42. The summed E-state index contributed by atoms with van der Waals surface area (Å²) in [7, 11) is 0. The number of benzene rings is 1. The summed E-state index contributed by atoms with van der Waals surface area (Å²) in [5, 5.41) is 9.88. The van der Waals surface area contributed by atoms with Gasteiger partial charge in [0.1, 0.15) is 5.75 Å². The lowest BCUT2D eigenvalue weighted by atomic mass is 9.76. The first-order chi connectivity index (χ1) is 11.1. The van der Waals surface area contributed by atoms with Gasteiger partial charge >= 0.3 is 0 Å². The molecule has 2 atom stereocenters. The van der Waals surface area contributed by atoms with Crippen LogP contribution in [0.5, 0.6) is 5.75 Å². The highest BCUT2D eigenvalue weighted by atomic mass is 16.5. The second kappa shape index (κ2) is 7.20. The number of likely N-dealkylation sites (tertiary alicyclic amines) is 1. The molecule has 2 aliphatic heterocycles. The van der Waals surface area contributed by atoms with E-state index in [9.17, 15) is 5.11 Å². The van der Waals surface area contributed by atoms with Crippen LogP contribution in [0.15, 0.2) is 24.3 Å². The first-order valence-corrected chi connectivity index (χ1v) is 8.74.